The molecule has 0 unspecified atom stereocenters. The molecule has 1 aromatic carbocycles. The summed E-state index contributed by atoms with van der Waals surface area (Å²) in [6, 6.07) is 9.39. The summed E-state index contributed by atoms with van der Waals surface area (Å²) >= 11 is 0. The Hall–Kier alpha value is -3.95. The van der Waals surface area contributed by atoms with Gasteiger partial charge in [0.2, 0.25) is 12.7 Å². The standard InChI is InChI=1S/C19H15N7O3/c1-10-18-12(11-2-3-13-14(6-11)29-9-28-13)7-17(27)21-19(18)26(23-10)16-5-4-15-22-20-8-25(15)24-16/h2-6,8,12H,7,9H2,1H3,(H,21,27)/t12-/m1/s1. The van der Waals surface area contributed by atoms with Crippen LogP contribution in [0, 0.1) is 6.92 Å². The summed E-state index contributed by atoms with van der Waals surface area (Å²) in [6.07, 6.45) is 1.85. The van der Waals surface area contributed by atoms with E-state index in [1.54, 1.807) is 21.3 Å². The molecule has 1 atom stereocenters. The Morgan fingerprint density at radius 2 is 2.03 bits per heavy atom. The highest BCUT2D eigenvalue weighted by Gasteiger charge is 2.33. The Balaban J connectivity index is 1.50. The molecule has 1 amide bonds. The summed E-state index contributed by atoms with van der Waals surface area (Å²) in [7, 11) is 0. The number of amides is 1. The van der Waals surface area contributed by atoms with Gasteiger partial charge in [-0.2, -0.15) is 14.3 Å². The summed E-state index contributed by atoms with van der Waals surface area (Å²) in [5, 5.41) is 20.0. The molecular weight excluding hydrogens is 374 g/mol. The number of benzene rings is 1. The van der Waals surface area contributed by atoms with Crippen molar-refractivity contribution < 1.29 is 14.3 Å². The Labute approximate surface area is 164 Å². The predicted molar refractivity (Wildman–Crippen MR) is 100 cm³/mol. The zero-order valence-electron chi connectivity index (χ0n) is 15.4. The highest BCUT2D eigenvalue weighted by atomic mass is 16.7. The number of carbonyl (C=O) groups excluding carboxylic acids is 1. The van der Waals surface area contributed by atoms with Crippen molar-refractivity contribution in [3.05, 3.63) is 53.5 Å². The SMILES string of the molecule is Cc1nn(-c2ccc3nncn3n2)c2c1[C@@H](c1ccc3c(c1)OCO3)CC(=O)N2. The fraction of sp³-hybridized carbons (Fsp3) is 0.211. The number of hydrogen-bond acceptors (Lipinski definition) is 7. The van der Waals surface area contributed by atoms with E-state index in [1.807, 2.05) is 25.1 Å². The lowest BCUT2D eigenvalue weighted by Gasteiger charge is -2.24. The molecule has 144 valence electrons. The van der Waals surface area contributed by atoms with Gasteiger partial charge in [-0.05, 0) is 36.8 Å². The minimum atomic E-state index is -0.138. The maximum absolute atomic E-state index is 12.6. The van der Waals surface area contributed by atoms with E-state index in [4.69, 9.17) is 9.47 Å². The van der Waals surface area contributed by atoms with Crippen LogP contribution in [0.25, 0.3) is 11.5 Å². The maximum atomic E-state index is 12.6. The fourth-order valence-corrected chi connectivity index (χ4v) is 3.96. The van der Waals surface area contributed by atoms with Crippen LogP contribution in [0.5, 0.6) is 11.5 Å². The Kier molecular flexibility index (Phi) is 3.19. The number of carbonyl (C=O) groups is 1. The van der Waals surface area contributed by atoms with Gasteiger partial charge in [0.1, 0.15) is 12.1 Å². The molecule has 6 rings (SSSR count). The molecular formula is C19H15N7O3. The lowest BCUT2D eigenvalue weighted by atomic mass is 9.85. The average Bonchev–Trinajstić information content (AvgIpc) is 3.44. The van der Waals surface area contributed by atoms with Gasteiger partial charge in [0.15, 0.2) is 23.0 Å². The van der Waals surface area contributed by atoms with Crippen molar-refractivity contribution in [2.24, 2.45) is 0 Å². The molecule has 2 aliphatic heterocycles. The highest BCUT2D eigenvalue weighted by Crippen LogP contribution is 2.43. The number of rotatable bonds is 2. The first-order valence-corrected chi connectivity index (χ1v) is 9.14. The van der Waals surface area contributed by atoms with Crippen molar-refractivity contribution in [2.75, 3.05) is 12.1 Å². The van der Waals surface area contributed by atoms with E-state index in [1.165, 1.54) is 6.33 Å². The molecule has 2 aliphatic rings. The van der Waals surface area contributed by atoms with Crippen LogP contribution in [-0.2, 0) is 4.79 Å². The molecule has 0 aliphatic carbocycles. The second kappa shape index (κ2) is 5.77. The highest BCUT2D eigenvalue weighted by molar-refractivity contribution is 5.95. The third-order valence-corrected chi connectivity index (χ3v) is 5.27. The van der Waals surface area contributed by atoms with Gasteiger partial charge in [0.25, 0.3) is 0 Å². The molecule has 5 heterocycles. The molecule has 0 fully saturated rings. The monoisotopic (exact) mass is 389 g/mol. The number of nitrogens with zero attached hydrogens (tertiary/aromatic N) is 6. The number of fused-ring (bicyclic) bond motifs is 3. The quantitative estimate of drug-likeness (QED) is 0.557. The lowest BCUT2D eigenvalue weighted by Crippen LogP contribution is -2.25. The Bertz CT molecular complexity index is 1290. The van der Waals surface area contributed by atoms with Crippen LogP contribution in [0.15, 0.2) is 36.7 Å². The van der Waals surface area contributed by atoms with Gasteiger partial charge in [-0.1, -0.05) is 6.07 Å². The van der Waals surface area contributed by atoms with Crippen molar-refractivity contribution in [1.29, 1.82) is 0 Å². The molecule has 1 N–H and O–H groups in total. The van der Waals surface area contributed by atoms with Crippen molar-refractivity contribution >= 4 is 17.4 Å². The average molecular weight is 389 g/mol. The minimum Gasteiger partial charge on any atom is -0.454 e. The summed E-state index contributed by atoms with van der Waals surface area (Å²) < 4.78 is 14.1. The van der Waals surface area contributed by atoms with Crippen LogP contribution < -0.4 is 14.8 Å². The van der Waals surface area contributed by atoms with Gasteiger partial charge >= 0.3 is 0 Å². The molecule has 10 nitrogen and oxygen atoms in total. The topological polar surface area (TPSA) is 108 Å². The largest absolute Gasteiger partial charge is 0.454 e. The first-order chi connectivity index (χ1) is 14.2. The summed E-state index contributed by atoms with van der Waals surface area (Å²) in [6.45, 7) is 2.15. The van der Waals surface area contributed by atoms with E-state index in [0.717, 1.165) is 16.8 Å². The van der Waals surface area contributed by atoms with Crippen molar-refractivity contribution in [3.63, 3.8) is 0 Å². The van der Waals surface area contributed by atoms with Crippen molar-refractivity contribution in [2.45, 2.75) is 19.3 Å². The zero-order valence-corrected chi connectivity index (χ0v) is 15.4. The van der Waals surface area contributed by atoms with Gasteiger partial charge in [0.05, 0.1) is 5.69 Å². The van der Waals surface area contributed by atoms with Crippen LogP contribution in [-0.4, -0.2) is 42.3 Å². The third kappa shape index (κ3) is 2.38. The smallest absolute Gasteiger partial charge is 0.231 e. The second-order valence-electron chi connectivity index (χ2n) is 7.00. The van der Waals surface area contributed by atoms with Crippen molar-refractivity contribution in [3.8, 4) is 17.3 Å². The number of hydrogen-bond donors (Lipinski definition) is 1. The van der Waals surface area contributed by atoms with Crippen LogP contribution in [0.2, 0.25) is 0 Å². The molecule has 0 saturated heterocycles. The van der Waals surface area contributed by atoms with E-state index in [9.17, 15) is 4.79 Å². The van der Waals surface area contributed by atoms with Crippen molar-refractivity contribution in [1.82, 2.24) is 29.6 Å². The van der Waals surface area contributed by atoms with Gasteiger partial charge in [-0.15, -0.1) is 15.3 Å². The van der Waals surface area contributed by atoms with Gasteiger partial charge < -0.3 is 14.8 Å². The molecule has 10 heteroatoms. The van der Waals surface area contributed by atoms with Gasteiger partial charge in [-0.25, -0.2) is 0 Å². The van der Waals surface area contributed by atoms with E-state index < -0.39 is 0 Å². The minimum absolute atomic E-state index is 0.0771. The van der Waals surface area contributed by atoms with Crippen LogP contribution in [0.1, 0.15) is 29.2 Å². The normalized spacial score (nSPS) is 17.4. The zero-order chi connectivity index (χ0) is 19.5. The predicted octanol–water partition coefficient (Wildman–Crippen LogP) is 1.82. The molecule has 0 radical (unpaired) electrons. The first-order valence-electron chi connectivity index (χ1n) is 9.14. The molecule has 4 aromatic rings. The summed E-state index contributed by atoms with van der Waals surface area (Å²) in [5.41, 5.74) is 3.41. The van der Waals surface area contributed by atoms with Gasteiger partial charge in [-0.3, -0.25) is 4.79 Å². The number of anilines is 1. The van der Waals surface area contributed by atoms with Crippen LogP contribution >= 0.6 is 0 Å². The van der Waals surface area contributed by atoms with Gasteiger partial charge in [0, 0.05) is 17.9 Å². The summed E-state index contributed by atoms with van der Waals surface area (Å²) in [5.74, 6) is 2.38. The second-order valence-corrected chi connectivity index (χ2v) is 7.00. The van der Waals surface area contributed by atoms with E-state index in [-0.39, 0.29) is 18.6 Å². The van der Waals surface area contributed by atoms with Crippen LogP contribution in [0.3, 0.4) is 0 Å². The number of aryl methyl sites for hydroxylation is 1. The lowest BCUT2D eigenvalue weighted by molar-refractivity contribution is -0.116. The third-order valence-electron chi connectivity index (χ3n) is 5.27. The molecule has 0 saturated carbocycles. The maximum Gasteiger partial charge on any atom is 0.231 e. The summed E-state index contributed by atoms with van der Waals surface area (Å²) in [4.78, 5) is 12.6. The Morgan fingerprint density at radius 3 is 2.97 bits per heavy atom. The molecule has 0 spiro atoms. The molecule has 3 aromatic heterocycles. The fourth-order valence-electron chi connectivity index (χ4n) is 3.96. The van der Waals surface area contributed by atoms with E-state index >= 15 is 0 Å². The van der Waals surface area contributed by atoms with Crippen LogP contribution in [0.4, 0.5) is 5.82 Å². The Morgan fingerprint density at radius 1 is 1.14 bits per heavy atom. The number of ether oxygens (including phenoxy) is 2. The molecule has 29 heavy (non-hydrogen) atoms. The van der Waals surface area contributed by atoms with E-state index in [2.05, 4.69) is 25.7 Å². The van der Waals surface area contributed by atoms with E-state index in [0.29, 0.717) is 35.2 Å². The number of aromatic nitrogens is 6. The first kappa shape index (κ1) is 16.0. The number of nitrogens with one attached hydrogen (secondary N) is 1. The molecule has 0 bridgehead atoms.